The predicted octanol–water partition coefficient (Wildman–Crippen LogP) is 0.555. The molecule has 3 N–H and O–H groups in total. The Morgan fingerprint density at radius 1 is 1.41 bits per heavy atom. The average molecular weight is 260 g/mol. The summed E-state index contributed by atoms with van der Waals surface area (Å²) in [6.45, 7) is 2.20. The molecule has 0 spiro atoms. The first-order valence-corrected chi connectivity index (χ1v) is 7.02. The molecule has 1 aromatic rings. The Morgan fingerprint density at radius 2 is 2.12 bits per heavy atom. The van der Waals surface area contributed by atoms with Gasteiger partial charge in [0.2, 0.25) is 10.0 Å². The maximum Gasteiger partial charge on any atom is 0.212 e. The lowest BCUT2D eigenvalue weighted by molar-refractivity contribution is 0.581. The van der Waals surface area contributed by atoms with Crippen LogP contribution in [0.5, 0.6) is 0 Å². The van der Waals surface area contributed by atoms with Gasteiger partial charge in [0.25, 0.3) is 0 Å². The Bertz CT molecular complexity index is 474. The van der Waals surface area contributed by atoms with Crippen LogP contribution in [0, 0.1) is 12.7 Å². The molecule has 0 fully saturated rings. The quantitative estimate of drug-likeness (QED) is 0.785. The van der Waals surface area contributed by atoms with Crippen LogP contribution >= 0.6 is 0 Å². The van der Waals surface area contributed by atoms with Gasteiger partial charge in [-0.15, -0.1) is 0 Å². The smallest absolute Gasteiger partial charge is 0.212 e. The summed E-state index contributed by atoms with van der Waals surface area (Å²) in [7, 11) is -3.27. The van der Waals surface area contributed by atoms with Crippen molar-refractivity contribution >= 4 is 10.0 Å². The summed E-state index contributed by atoms with van der Waals surface area (Å²) in [5.74, 6) is -0.356. The van der Waals surface area contributed by atoms with Gasteiger partial charge < -0.3 is 5.73 Å². The third-order valence-electron chi connectivity index (χ3n) is 2.41. The topological polar surface area (TPSA) is 72.2 Å². The lowest BCUT2D eigenvalue weighted by atomic mass is 10.1. The van der Waals surface area contributed by atoms with Crippen molar-refractivity contribution in [1.29, 1.82) is 0 Å². The van der Waals surface area contributed by atoms with E-state index in [4.69, 9.17) is 5.73 Å². The van der Waals surface area contributed by atoms with Gasteiger partial charge in [0.1, 0.15) is 5.82 Å². The number of hydrogen-bond donors (Lipinski definition) is 2. The maximum absolute atomic E-state index is 12.8. The monoisotopic (exact) mass is 260 g/mol. The molecule has 0 saturated carbocycles. The lowest BCUT2D eigenvalue weighted by Gasteiger charge is -2.07. The maximum atomic E-state index is 12.8. The van der Waals surface area contributed by atoms with Gasteiger partial charge in [0.15, 0.2) is 0 Å². The molecule has 0 unspecified atom stereocenters. The van der Waals surface area contributed by atoms with Crippen molar-refractivity contribution in [3.63, 3.8) is 0 Å². The van der Waals surface area contributed by atoms with E-state index in [2.05, 4.69) is 4.72 Å². The van der Waals surface area contributed by atoms with Gasteiger partial charge in [-0.05, 0) is 36.6 Å². The van der Waals surface area contributed by atoms with Crippen LogP contribution < -0.4 is 10.5 Å². The number of hydrogen-bond acceptors (Lipinski definition) is 3. The Hall–Kier alpha value is -0.980. The highest BCUT2D eigenvalue weighted by atomic mass is 32.2. The minimum absolute atomic E-state index is 0.0740. The number of benzene rings is 1. The number of nitrogens with one attached hydrogen (secondary N) is 1. The van der Waals surface area contributed by atoms with Crippen LogP contribution in [0.15, 0.2) is 18.2 Å². The van der Waals surface area contributed by atoms with Crippen molar-refractivity contribution in [2.75, 3.05) is 18.8 Å². The van der Waals surface area contributed by atoms with Crippen LogP contribution in [0.3, 0.4) is 0 Å². The highest BCUT2D eigenvalue weighted by Crippen LogP contribution is 2.10. The van der Waals surface area contributed by atoms with Crippen LogP contribution in [0.1, 0.15) is 11.1 Å². The van der Waals surface area contributed by atoms with Crippen molar-refractivity contribution in [2.24, 2.45) is 5.73 Å². The van der Waals surface area contributed by atoms with Crippen LogP contribution in [0.4, 0.5) is 4.39 Å². The molecule has 0 aliphatic rings. The summed E-state index contributed by atoms with van der Waals surface area (Å²) in [6.07, 6.45) is 0.538. The Kier molecular flexibility index (Phi) is 5.04. The van der Waals surface area contributed by atoms with E-state index < -0.39 is 10.0 Å². The molecule has 1 aromatic carbocycles. The molecule has 0 aliphatic heterocycles. The molecule has 4 nitrogen and oxygen atoms in total. The molecule has 0 saturated heterocycles. The lowest BCUT2D eigenvalue weighted by Crippen LogP contribution is -2.31. The highest BCUT2D eigenvalue weighted by molar-refractivity contribution is 7.89. The second-order valence-corrected chi connectivity index (χ2v) is 5.75. The van der Waals surface area contributed by atoms with E-state index in [1.54, 1.807) is 13.0 Å². The van der Waals surface area contributed by atoms with Crippen LogP contribution in [-0.4, -0.2) is 27.3 Å². The van der Waals surface area contributed by atoms with Crippen LogP contribution in [0.2, 0.25) is 0 Å². The van der Waals surface area contributed by atoms with E-state index >= 15 is 0 Å². The van der Waals surface area contributed by atoms with E-state index in [0.29, 0.717) is 13.0 Å². The molecule has 6 heteroatoms. The molecule has 17 heavy (non-hydrogen) atoms. The largest absolute Gasteiger partial charge is 0.329 e. The molecule has 0 radical (unpaired) electrons. The minimum Gasteiger partial charge on any atom is -0.329 e. The van der Waals surface area contributed by atoms with Crippen molar-refractivity contribution in [2.45, 2.75) is 13.3 Å². The first-order chi connectivity index (χ1) is 7.94. The van der Waals surface area contributed by atoms with Crippen molar-refractivity contribution in [1.82, 2.24) is 4.72 Å². The van der Waals surface area contributed by atoms with Gasteiger partial charge in [-0.2, -0.15) is 0 Å². The van der Waals surface area contributed by atoms with E-state index in [1.807, 2.05) is 0 Å². The standard InChI is InChI=1S/C11H17FN2O2S/c1-9-8-11(12)3-2-10(9)4-6-14-17(15,16)7-5-13/h2-3,8,14H,4-7,13H2,1H3. The summed E-state index contributed by atoms with van der Waals surface area (Å²) in [4.78, 5) is 0. The first kappa shape index (κ1) is 14.1. The third kappa shape index (κ3) is 4.80. The second kappa shape index (κ2) is 6.09. The van der Waals surface area contributed by atoms with Gasteiger partial charge in [0.05, 0.1) is 5.75 Å². The molecule has 0 heterocycles. The average Bonchev–Trinajstić information content (AvgIpc) is 2.21. The SMILES string of the molecule is Cc1cc(F)ccc1CCNS(=O)(=O)CCN. The van der Waals surface area contributed by atoms with E-state index in [-0.39, 0.29) is 18.1 Å². The van der Waals surface area contributed by atoms with Crippen LogP contribution in [0.25, 0.3) is 0 Å². The van der Waals surface area contributed by atoms with Gasteiger partial charge >= 0.3 is 0 Å². The number of nitrogens with two attached hydrogens (primary N) is 1. The second-order valence-electron chi connectivity index (χ2n) is 3.82. The van der Waals surface area contributed by atoms with E-state index in [9.17, 15) is 12.8 Å². The van der Waals surface area contributed by atoms with Gasteiger partial charge in [0, 0.05) is 13.1 Å². The Morgan fingerprint density at radius 3 is 2.71 bits per heavy atom. The fraction of sp³-hybridized carbons (Fsp3) is 0.455. The molecule has 96 valence electrons. The Balaban J connectivity index is 2.51. The molecule has 0 bridgehead atoms. The number of halogens is 1. The van der Waals surface area contributed by atoms with Gasteiger partial charge in [-0.1, -0.05) is 6.07 Å². The number of aryl methyl sites for hydroxylation is 1. The third-order valence-corrected chi connectivity index (χ3v) is 3.82. The molecule has 0 atom stereocenters. The van der Waals surface area contributed by atoms with Gasteiger partial charge in [-0.25, -0.2) is 17.5 Å². The van der Waals surface area contributed by atoms with Crippen molar-refractivity contribution in [3.05, 3.63) is 35.1 Å². The molecule has 0 aromatic heterocycles. The zero-order valence-electron chi connectivity index (χ0n) is 9.74. The van der Waals surface area contributed by atoms with Crippen molar-refractivity contribution in [3.8, 4) is 0 Å². The van der Waals surface area contributed by atoms with Crippen molar-refractivity contribution < 1.29 is 12.8 Å². The summed E-state index contributed by atoms with van der Waals surface area (Å²) in [5, 5.41) is 0. The fourth-order valence-corrected chi connectivity index (χ4v) is 2.38. The molecule has 0 amide bonds. The molecular weight excluding hydrogens is 243 g/mol. The van der Waals surface area contributed by atoms with E-state index in [1.165, 1.54) is 12.1 Å². The zero-order valence-corrected chi connectivity index (χ0v) is 10.6. The molecule has 0 aliphatic carbocycles. The minimum atomic E-state index is -3.27. The van der Waals surface area contributed by atoms with Crippen LogP contribution in [-0.2, 0) is 16.4 Å². The summed E-state index contributed by atoms with van der Waals surface area (Å²) in [5.41, 5.74) is 6.93. The summed E-state index contributed by atoms with van der Waals surface area (Å²) in [6, 6.07) is 4.47. The molecular formula is C11H17FN2O2S. The van der Waals surface area contributed by atoms with Gasteiger partial charge in [-0.3, -0.25) is 0 Å². The predicted molar refractivity (Wildman–Crippen MR) is 65.7 cm³/mol. The highest BCUT2D eigenvalue weighted by Gasteiger charge is 2.08. The molecule has 1 rings (SSSR count). The summed E-state index contributed by atoms with van der Waals surface area (Å²) >= 11 is 0. The normalized spacial score (nSPS) is 11.7. The zero-order chi connectivity index (χ0) is 12.9. The number of rotatable bonds is 6. The fourth-order valence-electron chi connectivity index (χ4n) is 1.51. The number of sulfonamides is 1. The Labute approximate surface area is 101 Å². The summed E-state index contributed by atoms with van der Waals surface area (Å²) < 4.78 is 37.9. The van der Waals surface area contributed by atoms with E-state index in [0.717, 1.165) is 11.1 Å². The first-order valence-electron chi connectivity index (χ1n) is 5.37.